The highest BCUT2D eigenvalue weighted by Crippen LogP contribution is 2.29. The van der Waals surface area contributed by atoms with Gasteiger partial charge in [0.1, 0.15) is 11.7 Å². The van der Waals surface area contributed by atoms with E-state index in [4.69, 9.17) is 21.1 Å². The molecule has 10 nitrogen and oxygen atoms in total. The van der Waals surface area contributed by atoms with Crippen molar-refractivity contribution >= 4 is 40.0 Å². The fourth-order valence-electron chi connectivity index (χ4n) is 3.34. The third-order valence-electron chi connectivity index (χ3n) is 5.07. The van der Waals surface area contributed by atoms with Gasteiger partial charge in [0.2, 0.25) is 0 Å². The molecule has 0 aliphatic carbocycles. The highest BCUT2D eigenvalue weighted by molar-refractivity contribution is 5.95. The predicted molar refractivity (Wildman–Crippen MR) is 126 cm³/mol. The molecule has 0 spiro atoms. The van der Waals surface area contributed by atoms with E-state index in [0.29, 0.717) is 28.6 Å². The van der Waals surface area contributed by atoms with Crippen LogP contribution in [0.2, 0.25) is 0 Å². The molecular formula is C23H23N7O3. The number of nitrogens with one attached hydrogen (secondary N) is 2. The summed E-state index contributed by atoms with van der Waals surface area (Å²) in [5.74, 6) is -0.231. The monoisotopic (exact) mass is 445 g/mol. The van der Waals surface area contributed by atoms with Gasteiger partial charge >= 0.3 is 12.0 Å². The Morgan fingerprint density at radius 2 is 2.00 bits per heavy atom. The number of amidine groups is 1. The van der Waals surface area contributed by atoms with Crippen LogP contribution < -0.4 is 21.0 Å². The number of imidazole rings is 1. The number of nitrogens with zero attached hydrogens (tertiary/aromatic N) is 4. The number of carbonyl (C=O) groups is 1. The molecule has 33 heavy (non-hydrogen) atoms. The third kappa shape index (κ3) is 4.85. The number of carboxylic acids is 1. The molecule has 0 radical (unpaired) electrons. The lowest BCUT2D eigenvalue weighted by molar-refractivity contribution is -0.136. The number of aliphatic carboxylic acids is 1. The maximum absolute atomic E-state index is 11.2. The average Bonchev–Trinajstić information content (AvgIpc) is 3.13. The quantitative estimate of drug-likeness (QED) is 0.175. The minimum absolute atomic E-state index is 0.00303. The van der Waals surface area contributed by atoms with Crippen LogP contribution in [0.15, 0.2) is 66.9 Å². The zero-order valence-corrected chi connectivity index (χ0v) is 17.9. The van der Waals surface area contributed by atoms with Crippen LogP contribution in [0.5, 0.6) is 6.01 Å². The first-order valence-corrected chi connectivity index (χ1v) is 10.2. The van der Waals surface area contributed by atoms with E-state index in [0.717, 1.165) is 11.2 Å². The molecule has 5 N–H and O–H groups in total. The molecular weight excluding hydrogens is 422 g/mol. The van der Waals surface area contributed by atoms with Crippen LogP contribution in [0, 0.1) is 5.41 Å². The minimum atomic E-state index is -0.882. The van der Waals surface area contributed by atoms with E-state index >= 15 is 0 Å². The number of nitrogen functional groups attached to an aromatic ring is 1. The predicted octanol–water partition coefficient (Wildman–Crippen LogP) is 3.27. The molecule has 2 aromatic carbocycles. The molecule has 0 aliphatic rings. The lowest BCUT2D eigenvalue weighted by Crippen LogP contribution is -2.21. The Hall–Kier alpha value is -4.60. The number of anilines is 3. The van der Waals surface area contributed by atoms with Gasteiger partial charge in [0.25, 0.3) is 0 Å². The van der Waals surface area contributed by atoms with Crippen molar-refractivity contribution in [3.63, 3.8) is 0 Å². The molecule has 4 aromatic rings. The Labute approximate surface area is 189 Å². The topological polar surface area (TPSA) is 142 Å². The number of rotatable bonds is 9. The number of benzene rings is 2. The van der Waals surface area contributed by atoms with Gasteiger partial charge in [0, 0.05) is 31.0 Å². The minimum Gasteiger partial charge on any atom is -0.481 e. The first kappa shape index (κ1) is 21.6. The van der Waals surface area contributed by atoms with E-state index < -0.39 is 5.97 Å². The Morgan fingerprint density at radius 3 is 2.67 bits per heavy atom. The van der Waals surface area contributed by atoms with Gasteiger partial charge < -0.3 is 20.6 Å². The molecule has 0 aliphatic heterocycles. The molecule has 4 rings (SSSR count). The molecule has 2 heterocycles. The van der Waals surface area contributed by atoms with Gasteiger partial charge in [-0.05, 0) is 54.6 Å². The number of fused-ring (bicyclic) bond motifs is 1. The Balaban J connectivity index is 1.58. The number of hydrogen-bond donors (Lipinski definition) is 4. The highest BCUT2D eigenvalue weighted by atomic mass is 16.7. The van der Waals surface area contributed by atoms with Crippen LogP contribution in [-0.4, -0.2) is 38.0 Å². The number of carboxylic acid groups (broad SMARTS) is 1. The zero-order chi connectivity index (χ0) is 23.4. The van der Waals surface area contributed by atoms with Crippen LogP contribution >= 0.6 is 0 Å². The summed E-state index contributed by atoms with van der Waals surface area (Å²) in [5, 5.41) is 16.6. The SMILES string of the molecule is Cn1c(ONc2ccc(C(=N)N)cc2)nc2cc(N(CCC(=O)O)c3ccccn3)ccc21. The molecule has 0 atom stereocenters. The summed E-state index contributed by atoms with van der Waals surface area (Å²) < 4.78 is 1.80. The van der Waals surface area contributed by atoms with Gasteiger partial charge in [-0.2, -0.15) is 4.98 Å². The van der Waals surface area contributed by atoms with Gasteiger partial charge in [0.05, 0.1) is 23.1 Å². The molecule has 10 heteroatoms. The molecule has 0 saturated carbocycles. The van der Waals surface area contributed by atoms with Gasteiger partial charge in [-0.1, -0.05) is 6.07 Å². The van der Waals surface area contributed by atoms with Gasteiger partial charge in [-0.25, -0.2) is 10.5 Å². The van der Waals surface area contributed by atoms with E-state index in [1.54, 1.807) is 35.0 Å². The van der Waals surface area contributed by atoms with Crippen molar-refractivity contribution in [3.8, 4) is 6.01 Å². The van der Waals surface area contributed by atoms with Crippen molar-refractivity contribution < 1.29 is 14.7 Å². The molecule has 0 unspecified atom stereocenters. The summed E-state index contributed by atoms with van der Waals surface area (Å²) in [6, 6.07) is 18.5. The highest BCUT2D eigenvalue weighted by Gasteiger charge is 2.16. The summed E-state index contributed by atoms with van der Waals surface area (Å²) in [6.45, 7) is 0.270. The standard InChI is InChI=1S/C23H23N7O3/c1-29-19-10-9-17(30(13-11-21(31)32)20-4-2-3-12-26-20)14-18(19)27-23(29)33-28-16-7-5-15(6-8-16)22(24)25/h2-10,12,14,28H,11,13H2,1H3,(H3,24,25)(H,31,32). The molecule has 2 aromatic heterocycles. The Morgan fingerprint density at radius 1 is 1.21 bits per heavy atom. The molecule has 0 saturated heterocycles. The summed E-state index contributed by atoms with van der Waals surface area (Å²) in [4.78, 5) is 27.6. The Bertz CT molecular complexity index is 1290. The van der Waals surface area contributed by atoms with Crippen molar-refractivity contribution in [3.05, 3.63) is 72.4 Å². The second-order valence-corrected chi connectivity index (χ2v) is 7.30. The number of pyridine rings is 1. The van der Waals surface area contributed by atoms with E-state index in [9.17, 15) is 4.79 Å². The van der Waals surface area contributed by atoms with E-state index in [-0.39, 0.29) is 18.8 Å². The summed E-state index contributed by atoms with van der Waals surface area (Å²) in [5.41, 5.74) is 11.9. The lowest BCUT2D eigenvalue weighted by Gasteiger charge is -2.23. The summed E-state index contributed by atoms with van der Waals surface area (Å²) >= 11 is 0. The van der Waals surface area contributed by atoms with Gasteiger partial charge in [-0.3, -0.25) is 14.8 Å². The fourth-order valence-corrected chi connectivity index (χ4v) is 3.34. The second-order valence-electron chi connectivity index (χ2n) is 7.30. The maximum atomic E-state index is 11.2. The average molecular weight is 445 g/mol. The lowest BCUT2D eigenvalue weighted by atomic mass is 10.2. The third-order valence-corrected chi connectivity index (χ3v) is 5.07. The smallest absolute Gasteiger partial charge is 0.324 e. The summed E-state index contributed by atoms with van der Waals surface area (Å²) in [7, 11) is 1.84. The summed E-state index contributed by atoms with van der Waals surface area (Å²) in [6.07, 6.45) is 1.64. The first-order chi connectivity index (χ1) is 15.9. The van der Waals surface area contributed by atoms with E-state index in [2.05, 4.69) is 15.4 Å². The van der Waals surface area contributed by atoms with Crippen molar-refractivity contribution in [2.75, 3.05) is 16.9 Å². The second kappa shape index (κ2) is 9.27. The number of hydrogen-bond acceptors (Lipinski definition) is 7. The molecule has 0 amide bonds. The van der Waals surface area contributed by atoms with Crippen LogP contribution in [0.1, 0.15) is 12.0 Å². The number of nitrogens with two attached hydrogens (primary N) is 1. The van der Waals surface area contributed by atoms with Crippen LogP contribution in [0.4, 0.5) is 17.2 Å². The van der Waals surface area contributed by atoms with Gasteiger partial charge in [-0.15, -0.1) is 0 Å². The Kier molecular flexibility index (Phi) is 6.07. The molecule has 168 valence electrons. The zero-order valence-electron chi connectivity index (χ0n) is 17.9. The maximum Gasteiger partial charge on any atom is 0.324 e. The van der Waals surface area contributed by atoms with Gasteiger partial charge in [0.15, 0.2) is 0 Å². The molecule has 0 fully saturated rings. The van der Waals surface area contributed by atoms with Crippen molar-refractivity contribution in [1.82, 2.24) is 14.5 Å². The fraction of sp³-hybridized carbons (Fsp3) is 0.130. The number of aromatic nitrogens is 3. The van der Waals surface area contributed by atoms with E-state index in [1.165, 1.54) is 0 Å². The van der Waals surface area contributed by atoms with Crippen LogP contribution in [0.25, 0.3) is 11.0 Å². The first-order valence-electron chi connectivity index (χ1n) is 10.2. The van der Waals surface area contributed by atoms with Crippen LogP contribution in [-0.2, 0) is 11.8 Å². The van der Waals surface area contributed by atoms with Crippen molar-refractivity contribution in [2.24, 2.45) is 12.8 Å². The molecule has 0 bridgehead atoms. The largest absolute Gasteiger partial charge is 0.481 e. The van der Waals surface area contributed by atoms with Crippen LogP contribution in [0.3, 0.4) is 0 Å². The normalized spacial score (nSPS) is 10.7. The van der Waals surface area contributed by atoms with Crippen molar-refractivity contribution in [2.45, 2.75) is 6.42 Å². The number of aryl methyl sites for hydroxylation is 1. The van der Waals surface area contributed by atoms with Crippen molar-refractivity contribution in [1.29, 1.82) is 5.41 Å². The van der Waals surface area contributed by atoms with E-state index in [1.807, 2.05) is 48.3 Å².